The van der Waals surface area contributed by atoms with Crippen LogP contribution in [0.25, 0.3) is 0 Å². The van der Waals surface area contributed by atoms with Gasteiger partial charge in [-0.15, -0.1) is 0 Å². The Labute approximate surface area is 113 Å². The van der Waals surface area contributed by atoms with Crippen LogP contribution in [0.4, 0.5) is 10.1 Å². The summed E-state index contributed by atoms with van der Waals surface area (Å²) < 4.78 is 19.6. The van der Waals surface area contributed by atoms with Crippen LogP contribution in [0.1, 0.15) is 0 Å². The van der Waals surface area contributed by atoms with E-state index >= 15 is 0 Å². The van der Waals surface area contributed by atoms with E-state index in [0.29, 0.717) is 19.8 Å². The number of benzene rings is 1. The van der Waals surface area contributed by atoms with Crippen molar-refractivity contribution >= 4 is 27.5 Å². The van der Waals surface area contributed by atoms with Crippen LogP contribution in [0.3, 0.4) is 0 Å². The predicted molar refractivity (Wildman–Crippen MR) is 70.1 cm³/mol. The summed E-state index contributed by atoms with van der Waals surface area (Å²) in [5, 5.41) is 3.05. The van der Waals surface area contributed by atoms with Crippen molar-refractivity contribution in [3.8, 4) is 0 Å². The molecule has 1 atom stereocenters. The van der Waals surface area contributed by atoms with Crippen LogP contribution >= 0.6 is 15.9 Å². The molecule has 2 rings (SSSR count). The molecule has 1 aromatic rings. The summed E-state index contributed by atoms with van der Waals surface area (Å²) in [6, 6.07) is 4.09. The average Bonchev–Trinajstić information content (AvgIpc) is 2.41. The van der Waals surface area contributed by atoms with E-state index in [4.69, 9.17) is 4.74 Å². The Morgan fingerprint density at radius 2 is 2.39 bits per heavy atom. The number of nitrogens with one attached hydrogen (secondary N) is 1. The second kappa shape index (κ2) is 5.77. The first kappa shape index (κ1) is 13.5. The molecule has 0 aliphatic carbocycles. The Kier molecular flexibility index (Phi) is 4.31. The minimum absolute atomic E-state index is 0.202. The number of anilines is 1. The highest BCUT2D eigenvalue weighted by atomic mass is 79.9. The molecular weight excluding hydrogens is 303 g/mol. The maximum absolute atomic E-state index is 13.7. The van der Waals surface area contributed by atoms with Crippen molar-refractivity contribution in [3.63, 3.8) is 0 Å². The van der Waals surface area contributed by atoms with Crippen LogP contribution in [-0.2, 0) is 9.53 Å². The smallest absolute Gasteiger partial charge is 0.246 e. The van der Waals surface area contributed by atoms with Crippen molar-refractivity contribution in [2.24, 2.45) is 0 Å². The van der Waals surface area contributed by atoms with E-state index in [-0.39, 0.29) is 11.6 Å². The number of hydrogen-bond acceptors (Lipinski definition) is 3. The largest absolute Gasteiger partial charge is 0.378 e. The van der Waals surface area contributed by atoms with Crippen molar-refractivity contribution in [2.75, 3.05) is 31.7 Å². The number of rotatable bonds is 2. The third-order valence-electron chi connectivity index (χ3n) is 2.82. The number of likely N-dealkylation sites (N-methyl/N-ethyl adjacent to an activating group) is 1. The Bertz CT molecular complexity index is 450. The molecule has 1 aliphatic rings. The number of halogens is 2. The molecule has 1 unspecified atom stereocenters. The maximum Gasteiger partial charge on any atom is 0.246 e. The fraction of sp³-hybridized carbons (Fsp3) is 0.417. The van der Waals surface area contributed by atoms with Gasteiger partial charge in [0.05, 0.1) is 18.9 Å². The average molecular weight is 317 g/mol. The fourth-order valence-corrected chi connectivity index (χ4v) is 2.17. The van der Waals surface area contributed by atoms with E-state index in [1.54, 1.807) is 19.2 Å². The molecule has 1 aliphatic heterocycles. The number of carbonyl (C=O) groups excluding carboxylic acids is 1. The van der Waals surface area contributed by atoms with Crippen molar-refractivity contribution in [2.45, 2.75) is 6.04 Å². The van der Waals surface area contributed by atoms with Gasteiger partial charge < -0.3 is 15.0 Å². The maximum atomic E-state index is 13.7. The van der Waals surface area contributed by atoms with Crippen LogP contribution < -0.4 is 10.2 Å². The first-order valence-corrected chi connectivity index (χ1v) is 6.42. The third-order valence-corrected chi connectivity index (χ3v) is 3.31. The first-order valence-electron chi connectivity index (χ1n) is 5.63. The van der Waals surface area contributed by atoms with Gasteiger partial charge in [-0.1, -0.05) is 15.9 Å². The monoisotopic (exact) mass is 316 g/mol. The van der Waals surface area contributed by atoms with Crippen molar-refractivity contribution in [3.05, 3.63) is 28.5 Å². The van der Waals surface area contributed by atoms with Gasteiger partial charge >= 0.3 is 0 Å². The number of morpholine rings is 1. The summed E-state index contributed by atoms with van der Waals surface area (Å²) in [6.07, 6.45) is 0. The molecular formula is C12H14BrFN2O2. The second-order valence-electron chi connectivity index (χ2n) is 4.07. The summed E-state index contributed by atoms with van der Waals surface area (Å²) in [6.45, 7) is 1.54. The van der Waals surface area contributed by atoms with Gasteiger partial charge in [0.2, 0.25) is 5.91 Å². The molecule has 4 nitrogen and oxygen atoms in total. The van der Waals surface area contributed by atoms with E-state index in [1.165, 1.54) is 11.0 Å². The number of carbonyl (C=O) groups is 1. The molecule has 98 valence electrons. The quantitative estimate of drug-likeness (QED) is 0.900. The molecule has 1 heterocycles. The molecule has 0 aromatic heterocycles. The zero-order valence-corrected chi connectivity index (χ0v) is 11.5. The summed E-state index contributed by atoms with van der Waals surface area (Å²) in [5.41, 5.74) is 0.252. The normalized spacial score (nSPS) is 19.6. The Hall–Kier alpha value is -0.980. The molecule has 1 fully saturated rings. The lowest BCUT2D eigenvalue weighted by atomic mass is 10.2. The third kappa shape index (κ3) is 2.88. The fourth-order valence-electron chi connectivity index (χ4n) is 1.82. The molecule has 1 aromatic carbocycles. The van der Waals surface area contributed by atoms with Crippen molar-refractivity contribution in [1.82, 2.24) is 5.32 Å². The number of ether oxygens (including phenoxy) is 1. The lowest BCUT2D eigenvalue weighted by Crippen LogP contribution is -2.51. The number of nitrogens with zero attached hydrogens (tertiary/aromatic N) is 1. The Balaban J connectivity index is 2.16. The molecule has 0 saturated carbocycles. The topological polar surface area (TPSA) is 41.6 Å². The zero-order chi connectivity index (χ0) is 13.1. The lowest BCUT2D eigenvalue weighted by Gasteiger charge is -2.27. The molecule has 0 spiro atoms. The SMILES string of the molecule is CN(C(=O)C1COCCN1)c1cc(Br)ccc1F. The molecule has 1 saturated heterocycles. The molecule has 18 heavy (non-hydrogen) atoms. The molecule has 1 N–H and O–H groups in total. The molecule has 0 radical (unpaired) electrons. The van der Waals surface area contributed by atoms with E-state index in [0.717, 1.165) is 4.47 Å². The first-order chi connectivity index (χ1) is 8.59. The van der Waals surface area contributed by atoms with Gasteiger partial charge in [-0.2, -0.15) is 0 Å². The minimum atomic E-state index is -0.425. The van der Waals surface area contributed by atoms with Gasteiger partial charge in [-0.25, -0.2) is 4.39 Å². The van der Waals surface area contributed by atoms with Crippen LogP contribution in [0.2, 0.25) is 0 Å². The van der Waals surface area contributed by atoms with Gasteiger partial charge in [0.1, 0.15) is 11.9 Å². The van der Waals surface area contributed by atoms with Crippen molar-refractivity contribution < 1.29 is 13.9 Å². The van der Waals surface area contributed by atoms with Crippen LogP contribution in [-0.4, -0.2) is 38.8 Å². The molecule has 6 heteroatoms. The van der Waals surface area contributed by atoms with Crippen LogP contribution in [0, 0.1) is 5.82 Å². The summed E-state index contributed by atoms with van der Waals surface area (Å²) >= 11 is 3.26. The second-order valence-corrected chi connectivity index (χ2v) is 4.99. The predicted octanol–water partition coefficient (Wildman–Crippen LogP) is 1.54. The zero-order valence-electron chi connectivity index (χ0n) is 9.95. The Morgan fingerprint density at radius 1 is 1.61 bits per heavy atom. The van der Waals surface area contributed by atoms with Gasteiger partial charge in [0, 0.05) is 18.1 Å². The van der Waals surface area contributed by atoms with Crippen LogP contribution in [0.5, 0.6) is 0 Å². The standard InChI is InChI=1S/C12H14BrFN2O2/c1-16(11-6-8(13)2-3-9(11)14)12(17)10-7-18-5-4-15-10/h2-3,6,10,15H,4-5,7H2,1H3. The van der Waals surface area contributed by atoms with E-state index < -0.39 is 11.9 Å². The Morgan fingerprint density at radius 3 is 3.06 bits per heavy atom. The summed E-state index contributed by atoms with van der Waals surface area (Å²) in [7, 11) is 1.56. The summed E-state index contributed by atoms with van der Waals surface area (Å²) in [4.78, 5) is 13.5. The van der Waals surface area contributed by atoms with Gasteiger partial charge in [-0.3, -0.25) is 4.79 Å². The van der Waals surface area contributed by atoms with Gasteiger partial charge in [0.25, 0.3) is 0 Å². The van der Waals surface area contributed by atoms with Crippen LogP contribution in [0.15, 0.2) is 22.7 Å². The van der Waals surface area contributed by atoms with Crippen molar-refractivity contribution in [1.29, 1.82) is 0 Å². The highest BCUT2D eigenvalue weighted by molar-refractivity contribution is 9.10. The number of hydrogen-bond donors (Lipinski definition) is 1. The van der Waals surface area contributed by atoms with E-state index in [9.17, 15) is 9.18 Å². The summed E-state index contributed by atoms with van der Waals surface area (Å²) in [5.74, 6) is -0.627. The minimum Gasteiger partial charge on any atom is -0.378 e. The molecule has 0 bridgehead atoms. The van der Waals surface area contributed by atoms with Gasteiger partial charge in [-0.05, 0) is 18.2 Å². The highest BCUT2D eigenvalue weighted by Crippen LogP contribution is 2.23. The van der Waals surface area contributed by atoms with E-state index in [1.807, 2.05) is 0 Å². The highest BCUT2D eigenvalue weighted by Gasteiger charge is 2.26. The van der Waals surface area contributed by atoms with E-state index in [2.05, 4.69) is 21.2 Å². The number of amides is 1. The van der Waals surface area contributed by atoms with Gasteiger partial charge in [0.15, 0.2) is 0 Å². The molecule has 1 amide bonds. The lowest BCUT2D eigenvalue weighted by molar-refractivity contribution is -0.123.